The van der Waals surface area contributed by atoms with Gasteiger partial charge in [-0.25, -0.2) is 0 Å². The average molecular weight is 238 g/mol. The predicted octanol–water partition coefficient (Wildman–Crippen LogP) is 0.802. The summed E-state index contributed by atoms with van der Waals surface area (Å²) < 4.78 is 7.14. The zero-order chi connectivity index (χ0) is 12.4. The van der Waals surface area contributed by atoms with Crippen molar-refractivity contribution in [2.45, 2.75) is 32.4 Å². The van der Waals surface area contributed by atoms with Gasteiger partial charge < -0.3 is 15.4 Å². The summed E-state index contributed by atoms with van der Waals surface area (Å²) in [7, 11) is 3.73. The molecule has 1 aromatic heterocycles. The predicted molar refractivity (Wildman–Crippen MR) is 68.1 cm³/mol. The van der Waals surface area contributed by atoms with E-state index in [1.807, 2.05) is 18.7 Å². The molecule has 0 spiro atoms. The van der Waals surface area contributed by atoms with Crippen LogP contribution in [0.3, 0.4) is 0 Å². The Morgan fingerprint density at radius 2 is 2.24 bits per heavy atom. The lowest BCUT2D eigenvalue weighted by atomic mass is 10.2. The molecule has 1 aliphatic rings. The van der Waals surface area contributed by atoms with Crippen molar-refractivity contribution in [2.75, 3.05) is 25.2 Å². The zero-order valence-corrected chi connectivity index (χ0v) is 10.9. The van der Waals surface area contributed by atoms with E-state index in [2.05, 4.69) is 10.00 Å². The van der Waals surface area contributed by atoms with Crippen LogP contribution < -0.4 is 10.6 Å². The monoisotopic (exact) mass is 238 g/mol. The normalized spacial score (nSPS) is 15.3. The maximum atomic E-state index is 5.84. The van der Waals surface area contributed by atoms with Gasteiger partial charge in [0.2, 0.25) is 0 Å². The van der Waals surface area contributed by atoms with Crippen molar-refractivity contribution in [1.29, 1.82) is 0 Å². The molecule has 2 N–H and O–H groups in total. The second-order valence-corrected chi connectivity index (χ2v) is 4.63. The molecule has 5 heteroatoms. The van der Waals surface area contributed by atoms with Crippen LogP contribution in [0.1, 0.15) is 24.1 Å². The number of hydrogen-bond acceptors (Lipinski definition) is 4. The van der Waals surface area contributed by atoms with E-state index < -0.39 is 0 Å². The maximum absolute atomic E-state index is 5.84. The molecular weight excluding hydrogens is 216 g/mol. The highest BCUT2D eigenvalue weighted by Gasteiger charge is 2.32. The lowest BCUT2D eigenvalue weighted by Crippen LogP contribution is -2.32. The van der Waals surface area contributed by atoms with Crippen LogP contribution in [0.5, 0.6) is 0 Å². The van der Waals surface area contributed by atoms with Crippen LogP contribution in [-0.4, -0.2) is 36.1 Å². The third-order valence-electron chi connectivity index (χ3n) is 3.31. The van der Waals surface area contributed by atoms with Gasteiger partial charge in [-0.1, -0.05) is 0 Å². The van der Waals surface area contributed by atoms with Crippen molar-refractivity contribution in [2.24, 2.45) is 12.8 Å². The Morgan fingerprint density at radius 3 is 2.76 bits per heavy atom. The highest BCUT2D eigenvalue weighted by atomic mass is 16.5. The summed E-state index contributed by atoms with van der Waals surface area (Å²) in [6.07, 6.45) is 2.52. The number of anilines is 1. The van der Waals surface area contributed by atoms with E-state index in [1.54, 1.807) is 7.11 Å². The summed E-state index contributed by atoms with van der Waals surface area (Å²) in [6, 6.07) is 0.644. The van der Waals surface area contributed by atoms with Gasteiger partial charge in [0.15, 0.2) is 0 Å². The van der Waals surface area contributed by atoms with Crippen molar-refractivity contribution in [3.63, 3.8) is 0 Å². The number of aromatic nitrogens is 2. The van der Waals surface area contributed by atoms with Crippen LogP contribution in [0.25, 0.3) is 0 Å². The minimum atomic E-state index is 0.547. The SMILES string of the molecule is COCCN(c1c(CN)c(C)nn1C)C1CC1. The number of rotatable bonds is 6. The smallest absolute Gasteiger partial charge is 0.131 e. The van der Waals surface area contributed by atoms with Crippen LogP contribution in [0.2, 0.25) is 0 Å². The summed E-state index contributed by atoms with van der Waals surface area (Å²) in [5.74, 6) is 1.17. The molecule has 0 aromatic carbocycles. The lowest BCUT2D eigenvalue weighted by molar-refractivity contribution is 0.204. The highest BCUT2D eigenvalue weighted by Crippen LogP contribution is 2.34. The Labute approximate surface area is 103 Å². The van der Waals surface area contributed by atoms with Crippen molar-refractivity contribution in [3.05, 3.63) is 11.3 Å². The standard InChI is InChI=1S/C12H22N4O/c1-9-11(8-13)12(15(2)14-9)16(6-7-17-3)10-4-5-10/h10H,4-8,13H2,1-3H3. The van der Waals surface area contributed by atoms with Crippen LogP contribution >= 0.6 is 0 Å². The first-order valence-corrected chi connectivity index (χ1v) is 6.17. The Bertz CT molecular complexity index is 384. The van der Waals surface area contributed by atoms with Gasteiger partial charge in [0.1, 0.15) is 5.82 Å². The number of nitrogens with zero attached hydrogens (tertiary/aromatic N) is 3. The highest BCUT2D eigenvalue weighted by molar-refractivity contribution is 5.52. The van der Waals surface area contributed by atoms with Crippen molar-refractivity contribution >= 4 is 5.82 Å². The van der Waals surface area contributed by atoms with Gasteiger partial charge in [0, 0.05) is 38.9 Å². The van der Waals surface area contributed by atoms with Crippen LogP contribution in [0.4, 0.5) is 5.82 Å². The van der Waals surface area contributed by atoms with E-state index in [-0.39, 0.29) is 0 Å². The maximum Gasteiger partial charge on any atom is 0.131 e. The fourth-order valence-electron chi connectivity index (χ4n) is 2.33. The molecule has 0 atom stereocenters. The summed E-state index contributed by atoms with van der Waals surface area (Å²) in [5, 5.41) is 4.48. The molecule has 0 radical (unpaired) electrons. The molecular formula is C12H22N4O. The molecule has 17 heavy (non-hydrogen) atoms. The number of ether oxygens (including phenoxy) is 1. The number of hydrogen-bond donors (Lipinski definition) is 1. The van der Waals surface area contributed by atoms with Gasteiger partial charge in [0.05, 0.1) is 12.3 Å². The molecule has 1 fully saturated rings. The Morgan fingerprint density at radius 1 is 1.53 bits per heavy atom. The van der Waals surface area contributed by atoms with Crippen molar-refractivity contribution in [1.82, 2.24) is 9.78 Å². The molecule has 1 saturated carbocycles. The second-order valence-electron chi connectivity index (χ2n) is 4.63. The summed E-state index contributed by atoms with van der Waals surface area (Å²) >= 11 is 0. The van der Waals surface area contributed by atoms with Crippen LogP contribution in [0.15, 0.2) is 0 Å². The fourth-order valence-corrected chi connectivity index (χ4v) is 2.33. The van der Waals surface area contributed by atoms with Gasteiger partial charge in [-0.05, 0) is 19.8 Å². The lowest BCUT2D eigenvalue weighted by Gasteiger charge is -2.25. The third-order valence-corrected chi connectivity index (χ3v) is 3.31. The summed E-state index contributed by atoms with van der Waals surface area (Å²) in [5.41, 5.74) is 8.04. The molecule has 5 nitrogen and oxygen atoms in total. The van der Waals surface area contributed by atoms with Gasteiger partial charge in [-0.3, -0.25) is 4.68 Å². The molecule has 1 heterocycles. The molecule has 2 rings (SSSR count). The Kier molecular flexibility index (Phi) is 3.69. The van der Waals surface area contributed by atoms with E-state index in [1.165, 1.54) is 18.7 Å². The Hall–Kier alpha value is -1.07. The van der Waals surface area contributed by atoms with E-state index >= 15 is 0 Å². The Balaban J connectivity index is 2.27. The fraction of sp³-hybridized carbons (Fsp3) is 0.750. The van der Waals surface area contributed by atoms with Gasteiger partial charge >= 0.3 is 0 Å². The van der Waals surface area contributed by atoms with Gasteiger partial charge in [0.25, 0.3) is 0 Å². The number of nitrogens with two attached hydrogens (primary N) is 1. The summed E-state index contributed by atoms with van der Waals surface area (Å²) in [6.45, 7) is 4.22. The molecule has 0 amide bonds. The molecule has 0 saturated heterocycles. The van der Waals surface area contributed by atoms with E-state index in [0.717, 1.165) is 24.4 Å². The molecule has 0 bridgehead atoms. The largest absolute Gasteiger partial charge is 0.383 e. The first-order chi connectivity index (χ1) is 8.19. The van der Waals surface area contributed by atoms with Gasteiger partial charge in [-0.2, -0.15) is 5.10 Å². The van der Waals surface area contributed by atoms with E-state index in [9.17, 15) is 0 Å². The average Bonchev–Trinajstić information content (AvgIpc) is 3.07. The first-order valence-electron chi connectivity index (χ1n) is 6.17. The second kappa shape index (κ2) is 5.06. The summed E-state index contributed by atoms with van der Waals surface area (Å²) in [4.78, 5) is 2.39. The molecule has 1 aliphatic carbocycles. The van der Waals surface area contributed by atoms with Gasteiger partial charge in [-0.15, -0.1) is 0 Å². The molecule has 96 valence electrons. The number of aryl methyl sites for hydroxylation is 2. The van der Waals surface area contributed by atoms with Crippen molar-refractivity contribution in [3.8, 4) is 0 Å². The number of methoxy groups -OCH3 is 1. The minimum Gasteiger partial charge on any atom is -0.383 e. The first kappa shape index (κ1) is 12.4. The zero-order valence-electron chi connectivity index (χ0n) is 10.9. The van der Waals surface area contributed by atoms with E-state index in [0.29, 0.717) is 12.6 Å². The van der Waals surface area contributed by atoms with Crippen LogP contribution in [-0.2, 0) is 18.3 Å². The third kappa shape index (κ3) is 2.45. The van der Waals surface area contributed by atoms with Crippen LogP contribution in [0, 0.1) is 6.92 Å². The topological polar surface area (TPSA) is 56.3 Å². The molecule has 1 aromatic rings. The molecule has 0 unspecified atom stereocenters. The van der Waals surface area contributed by atoms with E-state index in [4.69, 9.17) is 10.5 Å². The molecule has 0 aliphatic heterocycles. The minimum absolute atomic E-state index is 0.547. The quantitative estimate of drug-likeness (QED) is 0.796. The van der Waals surface area contributed by atoms with Crippen molar-refractivity contribution < 1.29 is 4.74 Å².